The fourth-order valence-electron chi connectivity index (χ4n) is 3.25. The van der Waals surface area contributed by atoms with Crippen LogP contribution in [0.4, 0.5) is 8.78 Å². The molecule has 2 aromatic rings. The van der Waals surface area contributed by atoms with Gasteiger partial charge in [-0.1, -0.05) is 55.1 Å². The number of rotatable bonds is 13. The van der Waals surface area contributed by atoms with E-state index in [0.29, 0.717) is 25.3 Å². The first-order valence-corrected chi connectivity index (χ1v) is 10.7. The van der Waals surface area contributed by atoms with Gasteiger partial charge in [0.1, 0.15) is 5.75 Å². The number of benzene rings is 2. The fraction of sp³-hybridized carbons (Fsp3) is 0.346. The molecule has 0 atom stereocenters. The van der Waals surface area contributed by atoms with E-state index in [1.807, 2.05) is 49.1 Å². The largest absolute Gasteiger partial charge is 0.493 e. The number of carboxylic acid groups (broad SMARTS) is 1. The molecule has 0 aliphatic rings. The van der Waals surface area contributed by atoms with Crippen molar-refractivity contribution in [1.82, 2.24) is 4.90 Å². The standard InChI is InChI=1S/C26H31F2NO3/c1-4-19(2)29(20(3)21-13-15-22(16-14-21)26(27)28)18-23-10-7-8-11-24(23)32-17-9-5-6-12-25(30)31/h4,7-8,10-11,13-16,26H,3,5-6,9,12,17-18H2,1-2H3,(H,30,31)/b19-4-. The molecule has 4 nitrogen and oxygen atoms in total. The van der Waals surface area contributed by atoms with E-state index in [9.17, 15) is 13.6 Å². The van der Waals surface area contributed by atoms with Crippen molar-refractivity contribution in [3.05, 3.63) is 83.6 Å². The van der Waals surface area contributed by atoms with Gasteiger partial charge in [-0.3, -0.25) is 4.79 Å². The molecule has 172 valence electrons. The monoisotopic (exact) mass is 443 g/mol. The van der Waals surface area contributed by atoms with Crippen LogP contribution in [0.15, 0.2) is 66.9 Å². The molecule has 6 heteroatoms. The van der Waals surface area contributed by atoms with E-state index in [-0.39, 0.29) is 12.0 Å². The van der Waals surface area contributed by atoms with Crippen molar-refractivity contribution >= 4 is 11.7 Å². The smallest absolute Gasteiger partial charge is 0.303 e. The van der Waals surface area contributed by atoms with E-state index in [1.54, 1.807) is 12.1 Å². The molecule has 1 N–H and O–H groups in total. The van der Waals surface area contributed by atoms with Crippen LogP contribution in [0.5, 0.6) is 5.75 Å². The highest BCUT2D eigenvalue weighted by molar-refractivity contribution is 5.66. The van der Waals surface area contributed by atoms with Crippen molar-refractivity contribution in [3.8, 4) is 5.75 Å². The van der Waals surface area contributed by atoms with E-state index in [1.165, 1.54) is 12.1 Å². The first-order chi connectivity index (χ1) is 15.3. The Morgan fingerprint density at radius 1 is 1.12 bits per heavy atom. The number of unbranched alkanes of at least 4 members (excludes halogenated alkanes) is 2. The molecule has 2 aromatic carbocycles. The zero-order valence-electron chi connectivity index (χ0n) is 18.7. The summed E-state index contributed by atoms with van der Waals surface area (Å²) in [5, 5.41) is 8.72. The number of hydrogen-bond acceptors (Lipinski definition) is 3. The van der Waals surface area contributed by atoms with Gasteiger partial charge >= 0.3 is 5.97 Å². The number of ether oxygens (including phenoxy) is 1. The SMILES string of the molecule is C=C(c1ccc(C(F)F)cc1)N(Cc1ccccc1OCCCCCC(=O)O)/C(C)=C\C. The van der Waals surface area contributed by atoms with E-state index in [2.05, 4.69) is 6.58 Å². The molecule has 0 amide bonds. The lowest BCUT2D eigenvalue weighted by atomic mass is 10.1. The predicted octanol–water partition coefficient (Wildman–Crippen LogP) is 7.04. The average molecular weight is 444 g/mol. The molecule has 0 heterocycles. The number of nitrogens with zero attached hydrogens (tertiary/aromatic N) is 1. The summed E-state index contributed by atoms with van der Waals surface area (Å²) >= 11 is 0. The molecule has 0 saturated heterocycles. The third kappa shape index (κ3) is 7.52. The lowest BCUT2D eigenvalue weighted by Gasteiger charge is -2.29. The Hall–Kier alpha value is -3.15. The zero-order valence-corrected chi connectivity index (χ0v) is 18.7. The predicted molar refractivity (Wildman–Crippen MR) is 123 cm³/mol. The number of alkyl halides is 2. The first-order valence-electron chi connectivity index (χ1n) is 10.7. The molecule has 32 heavy (non-hydrogen) atoms. The Balaban J connectivity index is 2.10. The van der Waals surface area contributed by atoms with Gasteiger partial charge in [0.05, 0.1) is 13.2 Å². The summed E-state index contributed by atoms with van der Waals surface area (Å²) in [6.07, 6.45) is 1.86. The molecule has 0 spiro atoms. The summed E-state index contributed by atoms with van der Waals surface area (Å²) in [7, 11) is 0. The third-order valence-corrected chi connectivity index (χ3v) is 5.26. The summed E-state index contributed by atoms with van der Waals surface area (Å²) < 4.78 is 31.8. The van der Waals surface area contributed by atoms with Crippen LogP contribution in [-0.2, 0) is 11.3 Å². The minimum atomic E-state index is -2.50. The summed E-state index contributed by atoms with van der Waals surface area (Å²) in [6, 6.07) is 13.9. The van der Waals surface area contributed by atoms with Crippen LogP contribution in [0.2, 0.25) is 0 Å². The third-order valence-electron chi connectivity index (χ3n) is 5.26. The summed E-state index contributed by atoms with van der Waals surface area (Å²) in [6.45, 7) is 9.15. The number of halogens is 2. The van der Waals surface area contributed by atoms with E-state index in [4.69, 9.17) is 9.84 Å². The molecular formula is C26H31F2NO3. The van der Waals surface area contributed by atoms with Crippen molar-refractivity contribution in [3.63, 3.8) is 0 Å². The van der Waals surface area contributed by atoms with Gasteiger partial charge in [-0.25, -0.2) is 8.78 Å². The van der Waals surface area contributed by atoms with Gasteiger partial charge in [-0.05, 0) is 44.7 Å². The van der Waals surface area contributed by atoms with Crippen molar-refractivity contribution < 1.29 is 23.4 Å². The van der Waals surface area contributed by atoms with Crippen LogP contribution in [0, 0.1) is 0 Å². The maximum atomic E-state index is 12.9. The maximum absolute atomic E-state index is 12.9. The fourth-order valence-corrected chi connectivity index (χ4v) is 3.25. The number of allylic oxidation sites excluding steroid dienone is 2. The number of para-hydroxylation sites is 1. The van der Waals surface area contributed by atoms with E-state index in [0.717, 1.165) is 35.4 Å². The summed E-state index contributed by atoms with van der Waals surface area (Å²) in [4.78, 5) is 12.6. The highest BCUT2D eigenvalue weighted by Crippen LogP contribution is 2.29. The highest BCUT2D eigenvalue weighted by atomic mass is 19.3. The minimum absolute atomic E-state index is 0.0158. The molecule has 2 rings (SSSR count). The van der Waals surface area contributed by atoms with Gasteiger partial charge in [-0.15, -0.1) is 0 Å². The molecule has 0 saturated carbocycles. The van der Waals surface area contributed by atoms with Crippen LogP contribution >= 0.6 is 0 Å². The number of aliphatic carboxylic acids is 1. The van der Waals surface area contributed by atoms with Gasteiger partial charge < -0.3 is 14.7 Å². The topological polar surface area (TPSA) is 49.8 Å². The molecule has 0 radical (unpaired) electrons. The lowest BCUT2D eigenvalue weighted by Crippen LogP contribution is -2.20. The van der Waals surface area contributed by atoms with Crippen LogP contribution < -0.4 is 4.74 Å². The lowest BCUT2D eigenvalue weighted by molar-refractivity contribution is -0.137. The molecule has 0 aliphatic carbocycles. The Labute approximate surface area is 188 Å². The van der Waals surface area contributed by atoms with Crippen molar-refractivity contribution in [2.45, 2.75) is 52.5 Å². The number of carbonyl (C=O) groups is 1. The van der Waals surface area contributed by atoms with E-state index >= 15 is 0 Å². The second-order valence-electron chi connectivity index (χ2n) is 7.55. The molecule has 0 bridgehead atoms. The Morgan fingerprint density at radius 2 is 1.81 bits per heavy atom. The zero-order chi connectivity index (χ0) is 23.5. The van der Waals surface area contributed by atoms with Gasteiger partial charge in [0, 0.05) is 28.9 Å². The van der Waals surface area contributed by atoms with E-state index < -0.39 is 12.4 Å². The molecular weight excluding hydrogens is 412 g/mol. The van der Waals surface area contributed by atoms with Gasteiger partial charge in [-0.2, -0.15) is 0 Å². The Morgan fingerprint density at radius 3 is 2.44 bits per heavy atom. The molecule has 0 unspecified atom stereocenters. The van der Waals surface area contributed by atoms with Crippen molar-refractivity contribution in [1.29, 1.82) is 0 Å². The van der Waals surface area contributed by atoms with Crippen LogP contribution in [-0.4, -0.2) is 22.6 Å². The number of hydrogen-bond donors (Lipinski definition) is 1. The van der Waals surface area contributed by atoms with Gasteiger partial charge in [0.15, 0.2) is 0 Å². The van der Waals surface area contributed by atoms with Crippen LogP contribution in [0.25, 0.3) is 5.70 Å². The molecule has 0 fully saturated rings. The highest BCUT2D eigenvalue weighted by Gasteiger charge is 2.16. The summed E-state index contributed by atoms with van der Waals surface area (Å²) in [5.74, 6) is -0.0136. The average Bonchev–Trinajstić information content (AvgIpc) is 2.79. The Kier molecular flexibility index (Phi) is 9.92. The second-order valence-corrected chi connectivity index (χ2v) is 7.55. The quantitative estimate of drug-likeness (QED) is 0.337. The molecule has 0 aliphatic heterocycles. The van der Waals surface area contributed by atoms with Crippen molar-refractivity contribution in [2.24, 2.45) is 0 Å². The second kappa shape index (κ2) is 12.6. The number of carboxylic acids is 1. The van der Waals surface area contributed by atoms with Crippen molar-refractivity contribution in [2.75, 3.05) is 6.61 Å². The van der Waals surface area contributed by atoms with Crippen LogP contribution in [0.3, 0.4) is 0 Å². The first kappa shape index (κ1) is 25.1. The van der Waals surface area contributed by atoms with Gasteiger partial charge in [0.25, 0.3) is 6.43 Å². The van der Waals surface area contributed by atoms with Gasteiger partial charge in [0.2, 0.25) is 0 Å². The minimum Gasteiger partial charge on any atom is -0.493 e. The van der Waals surface area contributed by atoms with Crippen LogP contribution in [0.1, 0.15) is 62.6 Å². The maximum Gasteiger partial charge on any atom is 0.303 e. The normalized spacial score (nSPS) is 11.5. The summed E-state index contributed by atoms with van der Waals surface area (Å²) in [5.41, 5.74) is 3.43. The Bertz CT molecular complexity index is 923. The molecule has 0 aromatic heterocycles.